The molecule has 3 heterocycles. The van der Waals surface area contributed by atoms with Gasteiger partial charge in [-0.25, -0.2) is 4.98 Å². The smallest absolute Gasteiger partial charge is 0.145 e. The first-order chi connectivity index (χ1) is 14.4. The lowest BCUT2D eigenvalue weighted by Gasteiger charge is -2.45. The molecule has 3 aromatic rings. The molecule has 158 valence electrons. The van der Waals surface area contributed by atoms with Crippen LogP contribution in [0.3, 0.4) is 0 Å². The van der Waals surface area contributed by atoms with E-state index in [0.29, 0.717) is 0 Å². The first-order valence-electron chi connectivity index (χ1n) is 10.7. The van der Waals surface area contributed by atoms with Crippen LogP contribution in [-0.4, -0.2) is 38.9 Å². The van der Waals surface area contributed by atoms with Gasteiger partial charge in [0.25, 0.3) is 0 Å². The van der Waals surface area contributed by atoms with E-state index in [9.17, 15) is 0 Å². The van der Waals surface area contributed by atoms with Gasteiger partial charge >= 0.3 is 0 Å². The minimum absolute atomic E-state index is 0.0960. The molecule has 0 saturated carbocycles. The monoisotopic (exact) mass is 405 g/mol. The normalized spacial score (nSPS) is 20.8. The predicted octanol–water partition coefficient (Wildman–Crippen LogP) is 4.81. The van der Waals surface area contributed by atoms with E-state index in [0.717, 1.165) is 60.9 Å². The lowest BCUT2D eigenvalue weighted by molar-refractivity contribution is -0.0835. The molecule has 6 heteroatoms. The molecule has 1 aromatic carbocycles. The second-order valence-electron chi connectivity index (χ2n) is 8.96. The molecular weight excluding hydrogens is 374 g/mol. The van der Waals surface area contributed by atoms with Crippen molar-refractivity contribution in [3.63, 3.8) is 0 Å². The number of aryl methyl sites for hydroxylation is 2. The van der Waals surface area contributed by atoms with Crippen molar-refractivity contribution in [1.82, 2.24) is 20.2 Å². The number of anilines is 1. The zero-order valence-corrected chi connectivity index (χ0v) is 18.3. The van der Waals surface area contributed by atoms with Gasteiger partial charge in [0.1, 0.15) is 5.82 Å². The standard InChI is InChI=1S/C24H31N5O/c1-17-22(18(2)29-28-17)20-14-25-15-21(27-20)26-12-10-24(19-8-6-5-7-9-19)11-13-30-23(3,4)16-24/h5-9,14-15H,10-13,16H2,1-4H3,(H,26,27)(H,28,29). The van der Waals surface area contributed by atoms with Crippen LogP contribution in [-0.2, 0) is 10.2 Å². The van der Waals surface area contributed by atoms with Crippen LogP contribution in [0.25, 0.3) is 11.3 Å². The molecule has 2 aromatic heterocycles. The van der Waals surface area contributed by atoms with E-state index in [1.54, 1.807) is 12.4 Å². The Morgan fingerprint density at radius 3 is 2.63 bits per heavy atom. The Bertz CT molecular complexity index is 978. The van der Waals surface area contributed by atoms with E-state index in [1.807, 2.05) is 13.8 Å². The quantitative estimate of drug-likeness (QED) is 0.615. The number of benzene rings is 1. The summed E-state index contributed by atoms with van der Waals surface area (Å²) < 4.78 is 6.03. The number of hydrogen-bond donors (Lipinski definition) is 2. The Labute approximate surface area is 178 Å². The van der Waals surface area contributed by atoms with E-state index >= 15 is 0 Å². The molecule has 0 spiro atoms. The van der Waals surface area contributed by atoms with Gasteiger partial charge in [0.05, 0.1) is 29.4 Å². The number of ether oxygens (including phenoxy) is 1. The fraction of sp³-hybridized carbons (Fsp3) is 0.458. The van der Waals surface area contributed by atoms with Crippen LogP contribution in [0.5, 0.6) is 0 Å². The maximum Gasteiger partial charge on any atom is 0.145 e. The lowest BCUT2D eigenvalue weighted by atomic mass is 9.67. The van der Waals surface area contributed by atoms with Crippen LogP contribution in [0.1, 0.15) is 50.1 Å². The molecule has 0 amide bonds. The molecular formula is C24H31N5O. The average molecular weight is 406 g/mol. The fourth-order valence-electron chi connectivity index (χ4n) is 4.80. The minimum atomic E-state index is -0.121. The number of aromatic amines is 1. The van der Waals surface area contributed by atoms with Crippen molar-refractivity contribution in [1.29, 1.82) is 0 Å². The molecule has 6 nitrogen and oxygen atoms in total. The molecule has 2 N–H and O–H groups in total. The van der Waals surface area contributed by atoms with Gasteiger partial charge in [-0.1, -0.05) is 30.3 Å². The summed E-state index contributed by atoms with van der Waals surface area (Å²) in [5.41, 5.74) is 5.18. The van der Waals surface area contributed by atoms with Gasteiger partial charge in [0, 0.05) is 29.8 Å². The third-order valence-electron chi connectivity index (χ3n) is 6.15. The zero-order chi connectivity index (χ0) is 21.2. The van der Waals surface area contributed by atoms with E-state index < -0.39 is 0 Å². The van der Waals surface area contributed by atoms with Crippen LogP contribution in [0.15, 0.2) is 42.7 Å². The van der Waals surface area contributed by atoms with Gasteiger partial charge in [0.2, 0.25) is 0 Å². The number of aromatic nitrogens is 4. The molecule has 0 bridgehead atoms. The largest absolute Gasteiger partial charge is 0.376 e. The number of nitrogens with zero attached hydrogens (tertiary/aromatic N) is 3. The SMILES string of the molecule is Cc1n[nH]c(C)c1-c1cncc(NCCC2(c3ccccc3)CCOC(C)(C)C2)n1. The predicted molar refractivity (Wildman–Crippen MR) is 120 cm³/mol. The van der Waals surface area contributed by atoms with Gasteiger partial charge in [-0.2, -0.15) is 5.10 Å². The van der Waals surface area contributed by atoms with Gasteiger partial charge in [-0.15, -0.1) is 0 Å². The molecule has 1 fully saturated rings. The lowest BCUT2D eigenvalue weighted by Crippen LogP contribution is -2.44. The van der Waals surface area contributed by atoms with Crippen molar-refractivity contribution in [3.05, 3.63) is 59.7 Å². The summed E-state index contributed by atoms with van der Waals surface area (Å²) in [7, 11) is 0. The molecule has 30 heavy (non-hydrogen) atoms. The van der Waals surface area contributed by atoms with E-state index in [2.05, 4.69) is 64.7 Å². The van der Waals surface area contributed by atoms with Gasteiger partial charge in [-0.3, -0.25) is 10.1 Å². The van der Waals surface area contributed by atoms with Crippen molar-refractivity contribution in [2.24, 2.45) is 0 Å². The summed E-state index contributed by atoms with van der Waals surface area (Å²) >= 11 is 0. The molecule has 1 atom stereocenters. The number of nitrogens with one attached hydrogen (secondary N) is 2. The Kier molecular flexibility index (Phi) is 5.60. The number of H-pyrrole nitrogens is 1. The zero-order valence-electron chi connectivity index (χ0n) is 18.3. The summed E-state index contributed by atoms with van der Waals surface area (Å²) in [5.74, 6) is 0.794. The second kappa shape index (κ2) is 8.19. The molecule has 0 aliphatic carbocycles. The molecule has 4 rings (SSSR count). The van der Waals surface area contributed by atoms with E-state index in [-0.39, 0.29) is 11.0 Å². The van der Waals surface area contributed by atoms with Crippen LogP contribution in [0, 0.1) is 13.8 Å². The maximum atomic E-state index is 6.03. The number of rotatable bonds is 6. The Hall–Kier alpha value is -2.73. The van der Waals surface area contributed by atoms with Crippen molar-refractivity contribution in [2.75, 3.05) is 18.5 Å². The number of hydrogen-bond acceptors (Lipinski definition) is 5. The molecule has 0 radical (unpaired) electrons. The summed E-state index contributed by atoms with van der Waals surface area (Å²) in [4.78, 5) is 9.19. The van der Waals surface area contributed by atoms with Gasteiger partial charge in [0.15, 0.2) is 0 Å². The maximum absolute atomic E-state index is 6.03. The highest BCUT2D eigenvalue weighted by atomic mass is 16.5. The third kappa shape index (κ3) is 4.24. The minimum Gasteiger partial charge on any atom is -0.376 e. The Morgan fingerprint density at radius 2 is 1.93 bits per heavy atom. The van der Waals surface area contributed by atoms with Crippen molar-refractivity contribution in [3.8, 4) is 11.3 Å². The Morgan fingerprint density at radius 1 is 1.13 bits per heavy atom. The van der Waals surface area contributed by atoms with E-state index in [1.165, 1.54) is 5.56 Å². The average Bonchev–Trinajstić information content (AvgIpc) is 3.06. The highest BCUT2D eigenvalue weighted by molar-refractivity contribution is 5.64. The van der Waals surface area contributed by atoms with Crippen LogP contribution in [0.4, 0.5) is 5.82 Å². The molecule has 1 saturated heterocycles. The summed E-state index contributed by atoms with van der Waals surface area (Å²) in [6, 6.07) is 10.9. The van der Waals surface area contributed by atoms with Gasteiger partial charge < -0.3 is 10.1 Å². The van der Waals surface area contributed by atoms with Crippen molar-refractivity contribution >= 4 is 5.82 Å². The fourth-order valence-corrected chi connectivity index (χ4v) is 4.80. The summed E-state index contributed by atoms with van der Waals surface area (Å²) in [5, 5.41) is 10.8. The van der Waals surface area contributed by atoms with Crippen molar-refractivity contribution in [2.45, 2.75) is 58.0 Å². The molecule has 1 aliphatic heterocycles. The Balaban J connectivity index is 1.51. The second-order valence-corrected chi connectivity index (χ2v) is 8.96. The highest BCUT2D eigenvalue weighted by Gasteiger charge is 2.41. The topological polar surface area (TPSA) is 75.7 Å². The van der Waals surface area contributed by atoms with Gasteiger partial charge in [-0.05, 0) is 52.5 Å². The van der Waals surface area contributed by atoms with Crippen molar-refractivity contribution < 1.29 is 4.74 Å². The molecule has 1 unspecified atom stereocenters. The third-order valence-corrected chi connectivity index (χ3v) is 6.15. The van der Waals surface area contributed by atoms with Crippen LogP contribution < -0.4 is 5.32 Å². The van der Waals surface area contributed by atoms with Crippen LogP contribution >= 0.6 is 0 Å². The first-order valence-corrected chi connectivity index (χ1v) is 10.7. The highest BCUT2D eigenvalue weighted by Crippen LogP contribution is 2.43. The molecule has 1 aliphatic rings. The first kappa shape index (κ1) is 20.5. The summed E-state index contributed by atoms with van der Waals surface area (Å²) in [6.07, 6.45) is 6.63. The van der Waals surface area contributed by atoms with E-state index in [4.69, 9.17) is 9.72 Å². The van der Waals surface area contributed by atoms with Crippen LogP contribution in [0.2, 0.25) is 0 Å². The summed E-state index contributed by atoms with van der Waals surface area (Å²) in [6.45, 7) is 10.00.